The van der Waals surface area contributed by atoms with Gasteiger partial charge in [0, 0.05) is 19.8 Å². The van der Waals surface area contributed by atoms with Crippen LogP contribution >= 0.6 is 12.4 Å². The third kappa shape index (κ3) is 4.15. The van der Waals surface area contributed by atoms with E-state index in [2.05, 4.69) is 14.8 Å². The van der Waals surface area contributed by atoms with Crippen LogP contribution in [0.1, 0.15) is 42.5 Å². The Labute approximate surface area is 173 Å². The lowest BCUT2D eigenvalue weighted by Gasteiger charge is -2.27. The van der Waals surface area contributed by atoms with Gasteiger partial charge in [0.1, 0.15) is 0 Å². The van der Waals surface area contributed by atoms with Crippen molar-refractivity contribution >= 4 is 35.5 Å². The average Bonchev–Trinajstić information content (AvgIpc) is 3.02. The van der Waals surface area contributed by atoms with Crippen LogP contribution in [0.5, 0.6) is 0 Å². The molecular weight excluding hydrogens is 372 g/mol. The van der Waals surface area contributed by atoms with Crippen LogP contribution in [0.3, 0.4) is 0 Å². The fourth-order valence-corrected chi connectivity index (χ4v) is 4.19. The van der Waals surface area contributed by atoms with Crippen molar-refractivity contribution in [1.82, 2.24) is 9.88 Å². The highest BCUT2D eigenvalue weighted by Gasteiger charge is 2.29. The molecule has 0 atom stereocenters. The molecule has 0 radical (unpaired) electrons. The molecule has 3 heterocycles. The Hall–Kier alpha value is -2.11. The number of anilines is 3. The Bertz CT molecular complexity index is 805. The monoisotopic (exact) mass is 400 g/mol. The summed E-state index contributed by atoms with van der Waals surface area (Å²) in [6, 6.07) is 11.8. The molecule has 2 aromatic rings. The SMILES string of the molecule is CN1C(=O)c2ccccc2N(CCCN2CCCCCC2)c2ncccc21.Cl. The Kier molecular flexibility index (Phi) is 6.92. The van der Waals surface area contributed by atoms with Crippen molar-refractivity contribution in [3.05, 3.63) is 48.2 Å². The topological polar surface area (TPSA) is 39.7 Å². The van der Waals surface area contributed by atoms with E-state index in [9.17, 15) is 4.79 Å². The molecule has 1 fully saturated rings. The van der Waals surface area contributed by atoms with Gasteiger partial charge in [-0.05, 0) is 63.2 Å². The van der Waals surface area contributed by atoms with Gasteiger partial charge in [0.05, 0.1) is 16.9 Å². The fourth-order valence-electron chi connectivity index (χ4n) is 4.19. The minimum Gasteiger partial charge on any atom is -0.324 e. The van der Waals surface area contributed by atoms with Gasteiger partial charge in [0.25, 0.3) is 5.91 Å². The Balaban J connectivity index is 0.00000225. The number of pyridine rings is 1. The summed E-state index contributed by atoms with van der Waals surface area (Å²) < 4.78 is 0. The second-order valence-corrected chi connectivity index (χ2v) is 7.49. The quantitative estimate of drug-likeness (QED) is 0.757. The number of aromatic nitrogens is 1. The number of hydrogen-bond acceptors (Lipinski definition) is 4. The Morgan fingerprint density at radius 1 is 0.929 bits per heavy atom. The van der Waals surface area contributed by atoms with Crippen molar-refractivity contribution in [3.8, 4) is 0 Å². The summed E-state index contributed by atoms with van der Waals surface area (Å²) in [5, 5.41) is 0. The Morgan fingerprint density at radius 3 is 2.43 bits per heavy atom. The summed E-state index contributed by atoms with van der Waals surface area (Å²) in [5.74, 6) is 0.893. The largest absolute Gasteiger partial charge is 0.324 e. The summed E-state index contributed by atoms with van der Waals surface area (Å²) in [6.45, 7) is 4.39. The predicted molar refractivity (Wildman–Crippen MR) is 117 cm³/mol. The normalized spacial score (nSPS) is 17.2. The zero-order valence-electron chi connectivity index (χ0n) is 16.5. The molecule has 0 N–H and O–H groups in total. The maximum atomic E-state index is 13.0. The third-order valence-corrected chi connectivity index (χ3v) is 5.67. The van der Waals surface area contributed by atoms with E-state index in [0.717, 1.165) is 42.3 Å². The minimum atomic E-state index is 0. The first-order valence-electron chi connectivity index (χ1n) is 10.1. The van der Waals surface area contributed by atoms with Crippen LogP contribution in [0, 0.1) is 0 Å². The molecule has 0 spiro atoms. The van der Waals surface area contributed by atoms with Gasteiger partial charge in [-0.2, -0.15) is 0 Å². The van der Waals surface area contributed by atoms with Crippen LogP contribution in [-0.4, -0.2) is 49.0 Å². The van der Waals surface area contributed by atoms with E-state index < -0.39 is 0 Å². The summed E-state index contributed by atoms with van der Waals surface area (Å²) in [7, 11) is 1.83. The lowest BCUT2D eigenvalue weighted by molar-refractivity contribution is 0.0994. The highest BCUT2D eigenvalue weighted by atomic mass is 35.5. The molecule has 6 heteroatoms. The van der Waals surface area contributed by atoms with Crippen molar-refractivity contribution in [2.45, 2.75) is 32.1 Å². The lowest BCUT2D eigenvalue weighted by atomic mass is 10.1. The van der Waals surface area contributed by atoms with Gasteiger partial charge in [0.15, 0.2) is 5.82 Å². The number of carbonyl (C=O) groups excluding carboxylic acids is 1. The standard InChI is InChI=1S/C22H28N4O.ClH/c1-24-20-12-8-13-23-21(20)26(19-11-5-4-10-18(19)22(24)27)17-9-16-25-14-6-2-3-7-15-25;/h4-5,8,10-13H,2-3,6-7,9,14-17H2,1H3;1H. The molecule has 0 aliphatic carbocycles. The smallest absolute Gasteiger partial charge is 0.260 e. The molecule has 2 aliphatic rings. The van der Waals surface area contributed by atoms with Gasteiger partial charge >= 0.3 is 0 Å². The van der Waals surface area contributed by atoms with E-state index in [1.165, 1.54) is 38.8 Å². The number of fused-ring (bicyclic) bond motifs is 2. The number of nitrogens with zero attached hydrogens (tertiary/aromatic N) is 4. The molecule has 1 amide bonds. The second kappa shape index (κ2) is 9.39. The molecule has 1 saturated heterocycles. The summed E-state index contributed by atoms with van der Waals surface area (Å²) in [5.41, 5.74) is 2.57. The minimum absolute atomic E-state index is 0. The van der Waals surface area contributed by atoms with E-state index in [-0.39, 0.29) is 18.3 Å². The van der Waals surface area contributed by atoms with Crippen molar-refractivity contribution in [1.29, 1.82) is 0 Å². The van der Waals surface area contributed by atoms with Crippen LogP contribution in [0.15, 0.2) is 42.6 Å². The van der Waals surface area contributed by atoms with E-state index in [4.69, 9.17) is 0 Å². The summed E-state index contributed by atoms with van der Waals surface area (Å²) in [4.78, 5) is 24.1. The molecular formula is C22H29ClN4O. The zero-order chi connectivity index (χ0) is 18.6. The number of halogens is 1. The summed E-state index contributed by atoms with van der Waals surface area (Å²) >= 11 is 0. The number of carbonyl (C=O) groups is 1. The van der Waals surface area contributed by atoms with Gasteiger partial charge in [-0.3, -0.25) is 4.79 Å². The van der Waals surface area contributed by atoms with Gasteiger partial charge < -0.3 is 14.7 Å². The number of para-hydroxylation sites is 1. The van der Waals surface area contributed by atoms with Crippen LogP contribution in [-0.2, 0) is 0 Å². The Morgan fingerprint density at radius 2 is 1.64 bits per heavy atom. The van der Waals surface area contributed by atoms with E-state index in [1.807, 2.05) is 49.6 Å². The lowest BCUT2D eigenvalue weighted by Crippen LogP contribution is -2.29. The first kappa shape index (κ1) is 20.6. The van der Waals surface area contributed by atoms with Crippen molar-refractivity contribution < 1.29 is 4.79 Å². The highest BCUT2D eigenvalue weighted by molar-refractivity contribution is 6.13. The maximum absolute atomic E-state index is 13.0. The number of amides is 1. The maximum Gasteiger partial charge on any atom is 0.260 e. The van der Waals surface area contributed by atoms with Crippen LogP contribution in [0.25, 0.3) is 0 Å². The van der Waals surface area contributed by atoms with E-state index >= 15 is 0 Å². The molecule has 28 heavy (non-hydrogen) atoms. The van der Waals surface area contributed by atoms with Crippen molar-refractivity contribution in [2.75, 3.05) is 43.0 Å². The molecule has 5 nitrogen and oxygen atoms in total. The first-order valence-corrected chi connectivity index (χ1v) is 10.1. The van der Waals surface area contributed by atoms with Crippen LogP contribution < -0.4 is 9.80 Å². The summed E-state index contributed by atoms with van der Waals surface area (Å²) in [6.07, 6.45) is 8.23. The highest BCUT2D eigenvalue weighted by Crippen LogP contribution is 2.38. The molecule has 1 aromatic carbocycles. The third-order valence-electron chi connectivity index (χ3n) is 5.67. The van der Waals surface area contributed by atoms with Crippen LogP contribution in [0.2, 0.25) is 0 Å². The van der Waals surface area contributed by atoms with Gasteiger partial charge in [-0.15, -0.1) is 12.4 Å². The van der Waals surface area contributed by atoms with Crippen LogP contribution in [0.4, 0.5) is 17.2 Å². The van der Waals surface area contributed by atoms with Gasteiger partial charge in [-0.1, -0.05) is 25.0 Å². The molecule has 1 aromatic heterocycles. The van der Waals surface area contributed by atoms with E-state index in [0.29, 0.717) is 0 Å². The number of rotatable bonds is 4. The molecule has 0 saturated carbocycles. The molecule has 4 rings (SSSR count). The number of likely N-dealkylation sites (tertiary alicyclic amines) is 1. The van der Waals surface area contributed by atoms with Crippen molar-refractivity contribution in [3.63, 3.8) is 0 Å². The molecule has 0 unspecified atom stereocenters. The van der Waals surface area contributed by atoms with Crippen molar-refractivity contribution in [2.24, 2.45) is 0 Å². The predicted octanol–water partition coefficient (Wildman–Crippen LogP) is 4.50. The first-order chi connectivity index (χ1) is 13.3. The average molecular weight is 401 g/mol. The number of benzene rings is 1. The molecule has 2 aliphatic heterocycles. The van der Waals surface area contributed by atoms with Gasteiger partial charge in [-0.25, -0.2) is 4.98 Å². The fraction of sp³-hybridized carbons (Fsp3) is 0.455. The van der Waals surface area contributed by atoms with E-state index in [1.54, 1.807) is 4.90 Å². The zero-order valence-corrected chi connectivity index (χ0v) is 17.3. The molecule has 0 bridgehead atoms. The number of hydrogen-bond donors (Lipinski definition) is 0. The molecule has 150 valence electrons. The van der Waals surface area contributed by atoms with Gasteiger partial charge in [0.2, 0.25) is 0 Å². The second-order valence-electron chi connectivity index (χ2n) is 7.49.